The zero-order chi connectivity index (χ0) is 13.9. The second-order valence-electron chi connectivity index (χ2n) is 5.72. The van der Waals surface area contributed by atoms with Crippen molar-refractivity contribution < 1.29 is 9.53 Å². The number of Topliss-reactive ketones (excluding diaryl/α,β-unsaturated/α-hetero) is 1. The van der Waals surface area contributed by atoms with Gasteiger partial charge in [-0.2, -0.15) is 0 Å². The summed E-state index contributed by atoms with van der Waals surface area (Å²) in [5.41, 5.74) is -0.520. The highest BCUT2D eigenvalue weighted by Gasteiger charge is 2.41. The molecule has 0 spiro atoms. The molecule has 2 nitrogen and oxygen atoms in total. The maximum atomic E-state index is 12.6. The molecule has 19 heavy (non-hydrogen) atoms. The van der Waals surface area contributed by atoms with Crippen LogP contribution in [0.1, 0.15) is 49.3 Å². The number of ether oxygens (including phenoxy) is 1. The van der Waals surface area contributed by atoms with E-state index in [4.69, 9.17) is 4.74 Å². The van der Waals surface area contributed by atoms with Gasteiger partial charge in [0.25, 0.3) is 0 Å². The topological polar surface area (TPSA) is 26.3 Å². The number of thiophene rings is 1. The lowest BCUT2D eigenvalue weighted by molar-refractivity contribution is -0.146. The number of carbonyl (C=O) groups excluding carboxylic acids is 1. The van der Waals surface area contributed by atoms with E-state index in [2.05, 4.69) is 26.0 Å². The van der Waals surface area contributed by atoms with Gasteiger partial charge in [-0.05, 0) is 43.7 Å². The molecule has 1 aliphatic rings. The minimum absolute atomic E-state index is 0.269. The fraction of sp³-hybridized carbons (Fsp3) is 0.688. The van der Waals surface area contributed by atoms with Crippen molar-refractivity contribution in [2.45, 2.75) is 58.0 Å². The highest BCUT2D eigenvalue weighted by Crippen LogP contribution is 2.36. The molecule has 0 aliphatic heterocycles. The average molecular weight is 280 g/mol. The van der Waals surface area contributed by atoms with Crippen molar-refractivity contribution in [1.82, 2.24) is 0 Å². The molecule has 2 atom stereocenters. The Morgan fingerprint density at radius 3 is 2.79 bits per heavy atom. The minimum atomic E-state index is -0.520. The van der Waals surface area contributed by atoms with E-state index in [1.165, 1.54) is 16.2 Å². The second-order valence-corrected chi connectivity index (χ2v) is 6.97. The van der Waals surface area contributed by atoms with Crippen LogP contribution < -0.4 is 0 Å². The van der Waals surface area contributed by atoms with Crippen molar-refractivity contribution >= 4 is 17.1 Å². The standard InChI is InChI=1S/C16H24O2S/c1-4-13-7-8-14(19-13)10-15(17)16(18-3)9-5-6-12(2)11-16/h7-8,12H,4-6,9-11H2,1-3H3. The molecule has 1 saturated carbocycles. The lowest BCUT2D eigenvalue weighted by Gasteiger charge is -2.37. The Morgan fingerprint density at radius 2 is 2.21 bits per heavy atom. The van der Waals surface area contributed by atoms with Gasteiger partial charge < -0.3 is 4.74 Å². The molecule has 0 amide bonds. The Hall–Kier alpha value is -0.670. The van der Waals surface area contributed by atoms with Crippen LogP contribution in [0.3, 0.4) is 0 Å². The van der Waals surface area contributed by atoms with E-state index in [0.717, 1.165) is 25.7 Å². The van der Waals surface area contributed by atoms with Crippen LogP contribution in [0.2, 0.25) is 0 Å². The zero-order valence-corrected chi connectivity index (χ0v) is 13.0. The van der Waals surface area contributed by atoms with Crippen LogP contribution in [-0.2, 0) is 22.4 Å². The van der Waals surface area contributed by atoms with Gasteiger partial charge in [-0.1, -0.05) is 20.3 Å². The summed E-state index contributed by atoms with van der Waals surface area (Å²) in [6.07, 6.45) is 5.67. The number of aryl methyl sites for hydroxylation is 1. The molecule has 0 aromatic carbocycles. The number of ketones is 1. The second kappa shape index (κ2) is 6.19. The van der Waals surface area contributed by atoms with Crippen molar-refractivity contribution in [1.29, 1.82) is 0 Å². The first-order valence-electron chi connectivity index (χ1n) is 7.25. The molecule has 2 unspecified atom stereocenters. The van der Waals surface area contributed by atoms with Crippen molar-refractivity contribution in [3.05, 3.63) is 21.9 Å². The zero-order valence-electron chi connectivity index (χ0n) is 12.2. The van der Waals surface area contributed by atoms with Crippen molar-refractivity contribution in [3.63, 3.8) is 0 Å². The normalized spacial score (nSPS) is 27.4. The third kappa shape index (κ3) is 3.26. The van der Waals surface area contributed by atoms with Crippen LogP contribution in [0.5, 0.6) is 0 Å². The molecule has 2 rings (SSSR count). The van der Waals surface area contributed by atoms with Crippen LogP contribution in [0, 0.1) is 5.92 Å². The Kier molecular flexibility index (Phi) is 4.80. The Labute approximate surface area is 120 Å². The van der Waals surface area contributed by atoms with E-state index in [-0.39, 0.29) is 5.78 Å². The SMILES string of the molecule is CCc1ccc(CC(=O)C2(OC)CCCC(C)C2)s1. The first-order chi connectivity index (χ1) is 9.09. The fourth-order valence-electron chi connectivity index (χ4n) is 3.08. The first-order valence-corrected chi connectivity index (χ1v) is 8.07. The van der Waals surface area contributed by atoms with Crippen molar-refractivity contribution in [2.24, 2.45) is 5.92 Å². The maximum absolute atomic E-state index is 12.6. The summed E-state index contributed by atoms with van der Waals surface area (Å²) in [5.74, 6) is 0.859. The summed E-state index contributed by atoms with van der Waals surface area (Å²) >= 11 is 1.76. The van der Waals surface area contributed by atoms with E-state index in [0.29, 0.717) is 12.3 Å². The van der Waals surface area contributed by atoms with E-state index in [1.54, 1.807) is 18.4 Å². The largest absolute Gasteiger partial charge is 0.370 e. The Morgan fingerprint density at radius 1 is 1.47 bits per heavy atom. The van der Waals surface area contributed by atoms with E-state index < -0.39 is 5.60 Å². The van der Waals surface area contributed by atoms with Crippen LogP contribution in [-0.4, -0.2) is 18.5 Å². The highest BCUT2D eigenvalue weighted by atomic mass is 32.1. The molecule has 3 heteroatoms. The molecule has 0 radical (unpaired) electrons. The molecule has 0 saturated heterocycles. The lowest BCUT2D eigenvalue weighted by atomic mass is 9.75. The minimum Gasteiger partial charge on any atom is -0.370 e. The smallest absolute Gasteiger partial charge is 0.169 e. The van der Waals surface area contributed by atoms with Gasteiger partial charge in [-0.15, -0.1) is 11.3 Å². The third-order valence-corrected chi connectivity index (χ3v) is 5.48. The third-order valence-electron chi connectivity index (χ3n) is 4.26. The van der Waals surface area contributed by atoms with Gasteiger partial charge in [-0.25, -0.2) is 0 Å². The molecule has 1 aromatic heterocycles. The molecule has 1 heterocycles. The maximum Gasteiger partial charge on any atom is 0.169 e. The predicted molar refractivity (Wildman–Crippen MR) is 79.8 cm³/mol. The summed E-state index contributed by atoms with van der Waals surface area (Å²) in [7, 11) is 1.70. The molecule has 1 aromatic rings. The molecular weight excluding hydrogens is 256 g/mol. The molecule has 106 valence electrons. The summed E-state index contributed by atoms with van der Waals surface area (Å²) in [6.45, 7) is 4.37. The monoisotopic (exact) mass is 280 g/mol. The van der Waals surface area contributed by atoms with E-state index >= 15 is 0 Å². The van der Waals surface area contributed by atoms with Crippen molar-refractivity contribution in [2.75, 3.05) is 7.11 Å². The fourth-order valence-corrected chi connectivity index (χ4v) is 4.04. The number of rotatable bonds is 5. The summed E-state index contributed by atoms with van der Waals surface area (Å²) in [5, 5.41) is 0. The van der Waals surface area contributed by atoms with Gasteiger partial charge in [-0.3, -0.25) is 4.79 Å². The van der Waals surface area contributed by atoms with Crippen LogP contribution in [0.15, 0.2) is 12.1 Å². The van der Waals surface area contributed by atoms with Gasteiger partial charge in [0.05, 0.1) is 0 Å². The summed E-state index contributed by atoms with van der Waals surface area (Å²) in [4.78, 5) is 15.2. The van der Waals surface area contributed by atoms with Gasteiger partial charge in [0.1, 0.15) is 5.60 Å². The molecule has 1 fully saturated rings. The van der Waals surface area contributed by atoms with Gasteiger partial charge in [0.2, 0.25) is 0 Å². The Balaban J connectivity index is 2.08. The summed E-state index contributed by atoms with van der Waals surface area (Å²) in [6, 6.07) is 4.23. The summed E-state index contributed by atoms with van der Waals surface area (Å²) < 4.78 is 5.67. The Bertz CT molecular complexity index is 438. The average Bonchev–Trinajstić information content (AvgIpc) is 2.86. The van der Waals surface area contributed by atoms with Gasteiger partial charge in [0.15, 0.2) is 5.78 Å². The van der Waals surface area contributed by atoms with Crippen LogP contribution in [0.4, 0.5) is 0 Å². The number of methoxy groups -OCH3 is 1. The predicted octanol–water partition coefficient (Wildman–Crippen LogP) is 4.02. The molecule has 0 bridgehead atoms. The number of carbonyl (C=O) groups is 1. The molecule has 1 aliphatic carbocycles. The lowest BCUT2D eigenvalue weighted by Crippen LogP contribution is -2.45. The molecule has 0 N–H and O–H groups in total. The first kappa shape index (κ1) is 14.7. The number of hydrogen-bond acceptors (Lipinski definition) is 3. The number of hydrogen-bond donors (Lipinski definition) is 0. The highest BCUT2D eigenvalue weighted by molar-refractivity contribution is 7.12. The van der Waals surface area contributed by atoms with E-state index in [1.807, 2.05) is 0 Å². The van der Waals surface area contributed by atoms with Crippen LogP contribution in [0.25, 0.3) is 0 Å². The quantitative estimate of drug-likeness (QED) is 0.814. The van der Waals surface area contributed by atoms with Gasteiger partial charge >= 0.3 is 0 Å². The van der Waals surface area contributed by atoms with Crippen LogP contribution >= 0.6 is 11.3 Å². The van der Waals surface area contributed by atoms with E-state index in [9.17, 15) is 4.79 Å². The molecular formula is C16H24O2S. The van der Waals surface area contributed by atoms with Crippen molar-refractivity contribution in [3.8, 4) is 0 Å². The van der Waals surface area contributed by atoms with Gasteiger partial charge in [0, 0.05) is 23.3 Å².